The third kappa shape index (κ3) is 9.30. The first-order chi connectivity index (χ1) is 12.6. The van der Waals surface area contributed by atoms with Crippen molar-refractivity contribution >= 4 is 11.9 Å². The minimum absolute atomic E-state index is 0.0553. The zero-order chi connectivity index (χ0) is 19.2. The molecule has 4 heteroatoms. The van der Waals surface area contributed by atoms with E-state index in [9.17, 15) is 15.0 Å². The van der Waals surface area contributed by atoms with E-state index in [1.54, 1.807) is 24.3 Å². The summed E-state index contributed by atoms with van der Waals surface area (Å²) < 4.78 is 5.46. The topological polar surface area (TPSA) is 66.8 Å². The van der Waals surface area contributed by atoms with E-state index in [1.165, 1.54) is 37.8 Å². The van der Waals surface area contributed by atoms with Crippen LogP contribution in [0.25, 0.3) is 6.08 Å². The lowest BCUT2D eigenvalue weighted by molar-refractivity contribution is -0.114. The fraction of sp³-hybridized carbons (Fsp3) is 0.500. The molecule has 1 aromatic rings. The molecule has 0 amide bonds. The Hall–Kier alpha value is -2.23. The van der Waals surface area contributed by atoms with E-state index >= 15 is 0 Å². The number of ketones is 1. The average molecular weight is 360 g/mol. The lowest BCUT2D eigenvalue weighted by Crippen LogP contribution is -1.95. The van der Waals surface area contributed by atoms with Crippen LogP contribution in [0.15, 0.2) is 36.1 Å². The second-order valence-corrected chi connectivity index (χ2v) is 6.46. The molecule has 0 aliphatic rings. The molecular weight excluding hydrogens is 328 g/mol. The minimum Gasteiger partial charge on any atom is -0.508 e. The number of carbonyl (C=O) groups excluding carboxylic acids is 1. The number of rotatable bonds is 13. The van der Waals surface area contributed by atoms with E-state index in [0.29, 0.717) is 18.8 Å². The molecular formula is C22H32O4. The normalized spacial score (nSPS) is 11.8. The van der Waals surface area contributed by atoms with Gasteiger partial charge in [-0.05, 0) is 36.6 Å². The van der Waals surface area contributed by atoms with E-state index in [1.807, 2.05) is 6.92 Å². The number of aliphatic hydroxyl groups is 1. The third-order valence-electron chi connectivity index (χ3n) is 3.98. The highest BCUT2D eigenvalue weighted by Gasteiger charge is 2.03. The first-order valence-corrected chi connectivity index (χ1v) is 9.64. The summed E-state index contributed by atoms with van der Waals surface area (Å²) in [6.45, 7) is 4.70. The molecule has 2 N–H and O–H groups in total. The summed E-state index contributed by atoms with van der Waals surface area (Å²) in [7, 11) is 0. The lowest BCUT2D eigenvalue weighted by Gasteiger charge is -2.07. The standard InChI is InChI=1S/C22H32O4/c1-3-5-6-7-8-9-10-19(23)17-20(24)13-11-18-12-14-21(25)22(16-18)26-15-4-2/h11-14,16-17,24-25H,3-10,15H2,1-2H3. The molecule has 0 spiro atoms. The smallest absolute Gasteiger partial charge is 0.161 e. The minimum atomic E-state index is -0.0647. The number of aromatic hydroxyl groups is 1. The maximum absolute atomic E-state index is 11.8. The molecule has 1 aromatic carbocycles. The summed E-state index contributed by atoms with van der Waals surface area (Å²) >= 11 is 0. The summed E-state index contributed by atoms with van der Waals surface area (Å²) in [5.41, 5.74) is 0.775. The maximum Gasteiger partial charge on any atom is 0.161 e. The molecule has 144 valence electrons. The molecule has 0 saturated carbocycles. The van der Waals surface area contributed by atoms with E-state index < -0.39 is 0 Å². The highest BCUT2D eigenvalue weighted by molar-refractivity contribution is 5.90. The average Bonchev–Trinajstić information content (AvgIpc) is 2.62. The van der Waals surface area contributed by atoms with Crippen LogP contribution in [0.5, 0.6) is 11.5 Å². The highest BCUT2D eigenvalue weighted by atomic mass is 16.5. The van der Waals surface area contributed by atoms with Crippen LogP contribution in [-0.2, 0) is 4.79 Å². The molecule has 0 aromatic heterocycles. The highest BCUT2D eigenvalue weighted by Crippen LogP contribution is 2.27. The zero-order valence-corrected chi connectivity index (χ0v) is 16.0. The lowest BCUT2D eigenvalue weighted by atomic mass is 10.1. The van der Waals surface area contributed by atoms with Gasteiger partial charge in [0, 0.05) is 12.5 Å². The molecule has 0 atom stereocenters. The van der Waals surface area contributed by atoms with Crippen molar-refractivity contribution in [2.24, 2.45) is 0 Å². The second kappa shape index (κ2) is 13.0. The fourth-order valence-electron chi connectivity index (χ4n) is 2.51. The van der Waals surface area contributed by atoms with E-state index in [-0.39, 0.29) is 17.3 Å². The SMILES string of the molecule is CCCCCCCCC(=O)C=C(O)C=Cc1ccc(O)c(OCCC)c1. The van der Waals surface area contributed by atoms with Crippen LogP contribution in [0.4, 0.5) is 0 Å². The van der Waals surface area contributed by atoms with Gasteiger partial charge in [0.1, 0.15) is 5.76 Å². The Morgan fingerprint density at radius 1 is 1.08 bits per heavy atom. The first kappa shape index (κ1) is 21.8. The van der Waals surface area contributed by atoms with Gasteiger partial charge in [-0.1, -0.05) is 58.1 Å². The van der Waals surface area contributed by atoms with Gasteiger partial charge in [-0.3, -0.25) is 4.79 Å². The fourth-order valence-corrected chi connectivity index (χ4v) is 2.51. The Morgan fingerprint density at radius 2 is 1.81 bits per heavy atom. The zero-order valence-electron chi connectivity index (χ0n) is 16.0. The molecule has 0 fully saturated rings. The molecule has 4 nitrogen and oxygen atoms in total. The van der Waals surface area contributed by atoms with Crippen molar-refractivity contribution in [2.75, 3.05) is 6.61 Å². The molecule has 26 heavy (non-hydrogen) atoms. The summed E-state index contributed by atoms with van der Waals surface area (Å²) in [4.78, 5) is 11.8. The molecule has 0 heterocycles. The van der Waals surface area contributed by atoms with Crippen LogP contribution in [0, 0.1) is 0 Å². The number of aliphatic hydroxyl groups excluding tert-OH is 1. The molecule has 0 aliphatic carbocycles. The van der Waals surface area contributed by atoms with E-state index in [4.69, 9.17) is 4.74 Å². The van der Waals surface area contributed by atoms with Gasteiger partial charge in [0.25, 0.3) is 0 Å². The van der Waals surface area contributed by atoms with Gasteiger partial charge in [-0.25, -0.2) is 0 Å². The largest absolute Gasteiger partial charge is 0.508 e. The van der Waals surface area contributed by atoms with Crippen LogP contribution in [0.2, 0.25) is 0 Å². The number of benzene rings is 1. The number of phenols is 1. The van der Waals surface area contributed by atoms with Crippen molar-refractivity contribution in [2.45, 2.75) is 65.2 Å². The number of ether oxygens (including phenoxy) is 1. The third-order valence-corrected chi connectivity index (χ3v) is 3.98. The van der Waals surface area contributed by atoms with Crippen LogP contribution >= 0.6 is 0 Å². The molecule has 1 rings (SSSR count). The van der Waals surface area contributed by atoms with Gasteiger partial charge in [0.15, 0.2) is 17.3 Å². The second-order valence-electron chi connectivity index (χ2n) is 6.46. The number of hydrogen-bond donors (Lipinski definition) is 2. The monoisotopic (exact) mass is 360 g/mol. The van der Waals surface area contributed by atoms with Crippen LogP contribution in [-0.4, -0.2) is 22.6 Å². The van der Waals surface area contributed by atoms with Gasteiger partial charge >= 0.3 is 0 Å². The number of allylic oxidation sites excluding steroid dienone is 2. The molecule has 0 aliphatic heterocycles. The Balaban J connectivity index is 2.48. The van der Waals surface area contributed by atoms with Crippen molar-refractivity contribution in [1.82, 2.24) is 0 Å². The van der Waals surface area contributed by atoms with Crippen molar-refractivity contribution in [3.63, 3.8) is 0 Å². The van der Waals surface area contributed by atoms with E-state index in [2.05, 4.69) is 6.92 Å². The van der Waals surface area contributed by atoms with Gasteiger partial charge in [0.05, 0.1) is 6.61 Å². The number of unbranched alkanes of at least 4 members (excludes halogenated alkanes) is 5. The summed E-state index contributed by atoms with van der Waals surface area (Å²) in [5.74, 6) is 0.381. The first-order valence-electron chi connectivity index (χ1n) is 9.64. The van der Waals surface area contributed by atoms with Crippen LogP contribution in [0.3, 0.4) is 0 Å². The van der Waals surface area contributed by atoms with Gasteiger partial charge in [-0.15, -0.1) is 0 Å². The Bertz CT molecular complexity index is 602. The van der Waals surface area contributed by atoms with Gasteiger partial charge in [0.2, 0.25) is 0 Å². The van der Waals surface area contributed by atoms with Crippen LogP contribution in [0.1, 0.15) is 70.8 Å². The summed E-state index contributed by atoms with van der Waals surface area (Å²) in [6, 6.07) is 4.97. The summed E-state index contributed by atoms with van der Waals surface area (Å²) in [5, 5.41) is 19.6. The van der Waals surface area contributed by atoms with Gasteiger partial charge < -0.3 is 14.9 Å². The predicted molar refractivity (Wildman–Crippen MR) is 107 cm³/mol. The predicted octanol–water partition coefficient (Wildman–Crippen LogP) is 5.96. The molecule has 0 saturated heterocycles. The van der Waals surface area contributed by atoms with Crippen molar-refractivity contribution in [3.8, 4) is 11.5 Å². The van der Waals surface area contributed by atoms with Crippen molar-refractivity contribution in [1.29, 1.82) is 0 Å². The Kier molecular flexibility index (Phi) is 10.9. The number of hydrogen-bond acceptors (Lipinski definition) is 4. The van der Waals surface area contributed by atoms with Gasteiger partial charge in [-0.2, -0.15) is 0 Å². The van der Waals surface area contributed by atoms with Crippen LogP contribution < -0.4 is 4.74 Å². The number of phenolic OH excluding ortho intramolecular Hbond substituents is 1. The maximum atomic E-state index is 11.8. The Morgan fingerprint density at radius 3 is 2.54 bits per heavy atom. The molecule has 0 unspecified atom stereocenters. The summed E-state index contributed by atoms with van der Waals surface area (Å²) in [6.07, 6.45) is 12.6. The molecule has 0 bridgehead atoms. The Labute approximate surface area is 157 Å². The quantitative estimate of drug-likeness (QED) is 0.197. The number of carbonyl (C=O) groups is 1. The molecule has 0 radical (unpaired) electrons. The van der Waals surface area contributed by atoms with Crippen molar-refractivity contribution < 1.29 is 19.7 Å². The van der Waals surface area contributed by atoms with E-state index in [0.717, 1.165) is 24.8 Å². The van der Waals surface area contributed by atoms with Crippen molar-refractivity contribution in [3.05, 3.63) is 41.7 Å².